The number of methoxy groups -OCH3 is 1. The standard InChI is InChI=1S/C26H23N3O/c1-18-25-23(19-9-5-3-6-10-19)17-24(20-13-15-22(30-2)16-14-20)27-26(25)29(28-18)21-11-7-4-8-12-21/h3-16,23H,17H2,1-2H3. The van der Waals surface area contributed by atoms with E-state index in [0.29, 0.717) is 0 Å². The first-order valence-electron chi connectivity index (χ1n) is 10.2. The zero-order valence-electron chi connectivity index (χ0n) is 17.1. The molecule has 5 rings (SSSR count). The lowest BCUT2D eigenvalue weighted by Gasteiger charge is -2.24. The summed E-state index contributed by atoms with van der Waals surface area (Å²) in [6.07, 6.45) is 0.838. The summed E-state index contributed by atoms with van der Waals surface area (Å²) in [7, 11) is 1.69. The summed E-state index contributed by atoms with van der Waals surface area (Å²) in [5, 5.41) is 4.88. The van der Waals surface area contributed by atoms with E-state index in [1.807, 2.05) is 35.0 Å². The van der Waals surface area contributed by atoms with Crippen LogP contribution in [0.2, 0.25) is 0 Å². The zero-order valence-corrected chi connectivity index (χ0v) is 17.1. The number of aromatic nitrogens is 2. The van der Waals surface area contributed by atoms with Gasteiger partial charge in [-0.25, -0.2) is 9.67 Å². The molecule has 1 aliphatic rings. The molecule has 4 heteroatoms. The quantitative estimate of drug-likeness (QED) is 0.436. The number of ether oxygens (including phenoxy) is 1. The molecule has 148 valence electrons. The van der Waals surface area contributed by atoms with E-state index in [1.54, 1.807) is 7.11 Å². The highest BCUT2D eigenvalue weighted by Crippen LogP contribution is 2.43. The van der Waals surface area contributed by atoms with E-state index in [4.69, 9.17) is 14.8 Å². The Hall–Kier alpha value is -3.66. The van der Waals surface area contributed by atoms with Crippen LogP contribution >= 0.6 is 0 Å². The van der Waals surface area contributed by atoms with Crippen LogP contribution in [-0.2, 0) is 0 Å². The summed E-state index contributed by atoms with van der Waals surface area (Å²) in [4.78, 5) is 5.12. The van der Waals surface area contributed by atoms with Crippen molar-refractivity contribution in [1.82, 2.24) is 9.78 Å². The molecule has 2 heterocycles. The highest BCUT2D eigenvalue weighted by Gasteiger charge is 2.31. The number of hydrogen-bond acceptors (Lipinski definition) is 3. The smallest absolute Gasteiger partial charge is 0.160 e. The Morgan fingerprint density at radius 1 is 0.867 bits per heavy atom. The molecule has 1 unspecified atom stereocenters. The summed E-state index contributed by atoms with van der Waals surface area (Å²) >= 11 is 0. The van der Waals surface area contributed by atoms with Crippen LogP contribution in [0.4, 0.5) is 5.82 Å². The van der Waals surface area contributed by atoms with Gasteiger partial charge < -0.3 is 4.74 Å². The number of rotatable bonds is 4. The highest BCUT2D eigenvalue weighted by atomic mass is 16.5. The summed E-state index contributed by atoms with van der Waals surface area (Å²) < 4.78 is 7.30. The fraction of sp³-hybridized carbons (Fsp3) is 0.154. The van der Waals surface area contributed by atoms with Gasteiger partial charge in [0.15, 0.2) is 5.82 Å². The SMILES string of the molecule is COc1ccc(C2=Nc3c(c(C)nn3-c3ccccc3)C(c3ccccc3)C2)cc1. The van der Waals surface area contributed by atoms with Gasteiger partial charge >= 0.3 is 0 Å². The van der Waals surface area contributed by atoms with Crippen LogP contribution in [0.3, 0.4) is 0 Å². The molecule has 0 amide bonds. The predicted molar refractivity (Wildman–Crippen MR) is 120 cm³/mol. The fourth-order valence-corrected chi connectivity index (χ4v) is 4.20. The first-order chi connectivity index (χ1) is 14.7. The van der Waals surface area contributed by atoms with Gasteiger partial charge in [0, 0.05) is 17.9 Å². The van der Waals surface area contributed by atoms with Crippen LogP contribution in [-0.4, -0.2) is 22.6 Å². The average molecular weight is 393 g/mol. The topological polar surface area (TPSA) is 39.4 Å². The minimum absolute atomic E-state index is 0.216. The molecule has 0 fully saturated rings. The van der Waals surface area contributed by atoms with Crippen molar-refractivity contribution in [3.63, 3.8) is 0 Å². The van der Waals surface area contributed by atoms with Crippen molar-refractivity contribution in [2.45, 2.75) is 19.3 Å². The minimum atomic E-state index is 0.216. The molecule has 0 radical (unpaired) electrons. The lowest BCUT2D eigenvalue weighted by atomic mass is 9.83. The van der Waals surface area contributed by atoms with Crippen LogP contribution in [0.5, 0.6) is 5.75 Å². The van der Waals surface area contributed by atoms with Gasteiger partial charge in [-0.3, -0.25) is 0 Å². The number of nitrogens with zero attached hydrogens (tertiary/aromatic N) is 3. The number of para-hydroxylation sites is 1. The number of benzene rings is 3. The highest BCUT2D eigenvalue weighted by molar-refractivity contribution is 6.04. The van der Waals surface area contributed by atoms with E-state index < -0.39 is 0 Å². The third kappa shape index (κ3) is 3.20. The van der Waals surface area contributed by atoms with Crippen molar-refractivity contribution in [3.05, 3.63) is 107 Å². The van der Waals surface area contributed by atoms with Crippen molar-refractivity contribution in [2.75, 3.05) is 7.11 Å². The molecule has 1 aliphatic heterocycles. The van der Waals surface area contributed by atoms with Crippen molar-refractivity contribution < 1.29 is 4.74 Å². The Morgan fingerprint density at radius 3 is 2.20 bits per heavy atom. The van der Waals surface area contributed by atoms with Crippen LogP contribution < -0.4 is 4.74 Å². The maximum absolute atomic E-state index is 5.33. The van der Waals surface area contributed by atoms with E-state index in [2.05, 4.69) is 61.5 Å². The third-order valence-corrected chi connectivity index (χ3v) is 5.69. The van der Waals surface area contributed by atoms with E-state index in [0.717, 1.165) is 40.6 Å². The molecule has 30 heavy (non-hydrogen) atoms. The molecular weight excluding hydrogens is 370 g/mol. The first kappa shape index (κ1) is 18.4. The van der Waals surface area contributed by atoms with Crippen molar-refractivity contribution in [3.8, 4) is 11.4 Å². The van der Waals surface area contributed by atoms with Gasteiger partial charge in [0.1, 0.15) is 5.75 Å². The van der Waals surface area contributed by atoms with Gasteiger partial charge in [-0.15, -0.1) is 0 Å². The Kier molecular flexibility index (Phi) is 4.68. The fourth-order valence-electron chi connectivity index (χ4n) is 4.20. The number of aryl methyl sites for hydroxylation is 1. The van der Waals surface area contributed by atoms with Gasteiger partial charge in [0.05, 0.1) is 24.2 Å². The molecule has 0 N–H and O–H groups in total. The van der Waals surface area contributed by atoms with E-state index in [-0.39, 0.29) is 5.92 Å². The maximum Gasteiger partial charge on any atom is 0.160 e. The molecule has 1 aromatic heterocycles. The minimum Gasteiger partial charge on any atom is -0.497 e. The van der Waals surface area contributed by atoms with Crippen molar-refractivity contribution >= 4 is 11.5 Å². The average Bonchev–Trinajstić information content (AvgIpc) is 3.16. The predicted octanol–water partition coefficient (Wildman–Crippen LogP) is 5.85. The second-order valence-corrected chi connectivity index (χ2v) is 7.52. The monoisotopic (exact) mass is 393 g/mol. The Balaban J connectivity index is 1.70. The van der Waals surface area contributed by atoms with Gasteiger partial charge in [-0.2, -0.15) is 5.10 Å². The van der Waals surface area contributed by atoms with Gasteiger partial charge in [-0.05, 0) is 54.4 Å². The zero-order chi connectivity index (χ0) is 20.5. The van der Waals surface area contributed by atoms with Gasteiger partial charge in [0.25, 0.3) is 0 Å². The first-order valence-corrected chi connectivity index (χ1v) is 10.2. The van der Waals surface area contributed by atoms with Crippen LogP contribution in [0.1, 0.15) is 34.7 Å². The summed E-state index contributed by atoms with van der Waals surface area (Å²) in [6.45, 7) is 2.09. The molecule has 1 atom stereocenters. The van der Waals surface area contributed by atoms with E-state index in [9.17, 15) is 0 Å². The lowest BCUT2D eigenvalue weighted by Crippen LogP contribution is -2.15. The largest absolute Gasteiger partial charge is 0.497 e. The van der Waals surface area contributed by atoms with Gasteiger partial charge in [-0.1, -0.05) is 48.5 Å². The van der Waals surface area contributed by atoms with Crippen molar-refractivity contribution in [1.29, 1.82) is 0 Å². The number of fused-ring (bicyclic) bond motifs is 1. The van der Waals surface area contributed by atoms with Crippen molar-refractivity contribution in [2.24, 2.45) is 4.99 Å². The molecule has 3 aromatic carbocycles. The van der Waals surface area contributed by atoms with Crippen LogP contribution in [0, 0.1) is 6.92 Å². The van der Waals surface area contributed by atoms with E-state index in [1.165, 1.54) is 11.1 Å². The Labute approximate surface area is 176 Å². The summed E-state index contributed by atoms with van der Waals surface area (Å²) in [5.41, 5.74) is 6.73. The molecule has 0 aliphatic carbocycles. The Bertz CT molecular complexity index is 1190. The lowest BCUT2D eigenvalue weighted by molar-refractivity contribution is 0.415. The number of aliphatic imine (C=N–C) groups is 1. The molecule has 4 aromatic rings. The maximum atomic E-state index is 5.33. The third-order valence-electron chi connectivity index (χ3n) is 5.69. The van der Waals surface area contributed by atoms with Crippen LogP contribution in [0.25, 0.3) is 5.69 Å². The molecule has 0 saturated carbocycles. The van der Waals surface area contributed by atoms with Gasteiger partial charge in [0.2, 0.25) is 0 Å². The second kappa shape index (κ2) is 7.64. The molecule has 0 saturated heterocycles. The molecular formula is C26H23N3O. The molecule has 4 nitrogen and oxygen atoms in total. The summed E-state index contributed by atoms with van der Waals surface area (Å²) in [6, 6.07) is 29.0. The second-order valence-electron chi connectivity index (χ2n) is 7.52. The Morgan fingerprint density at radius 2 is 1.53 bits per heavy atom. The number of hydrogen-bond donors (Lipinski definition) is 0. The van der Waals surface area contributed by atoms with Crippen LogP contribution in [0.15, 0.2) is 89.9 Å². The van der Waals surface area contributed by atoms with E-state index >= 15 is 0 Å². The normalized spacial score (nSPS) is 15.4. The molecule has 0 bridgehead atoms. The molecule has 0 spiro atoms. The summed E-state index contributed by atoms with van der Waals surface area (Å²) in [5.74, 6) is 1.98.